The number of esters is 2. The van der Waals surface area contributed by atoms with E-state index >= 15 is 0 Å². The maximum Gasteiger partial charge on any atom is 0.338 e. The Bertz CT molecular complexity index is 1500. The van der Waals surface area contributed by atoms with Crippen LogP contribution < -0.4 is 0 Å². The van der Waals surface area contributed by atoms with Gasteiger partial charge in [0.25, 0.3) is 0 Å². The van der Waals surface area contributed by atoms with Gasteiger partial charge in [-0.2, -0.15) is 0 Å². The van der Waals surface area contributed by atoms with E-state index in [0.717, 1.165) is 35.1 Å². The molecule has 1 fully saturated rings. The van der Waals surface area contributed by atoms with Crippen molar-refractivity contribution in [3.8, 4) is 11.4 Å². The Morgan fingerprint density at radius 1 is 1.05 bits per heavy atom. The van der Waals surface area contributed by atoms with Crippen LogP contribution in [-0.4, -0.2) is 46.0 Å². The first-order valence-corrected chi connectivity index (χ1v) is 13.6. The zero-order valence-electron chi connectivity index (χ0n) is 22.8. The number of rotatable bonds is 6. The highest BCUT2D eigenvalue weighted by molar-refractivity contribution is 5.99. The third kappa shape index (κ3) is 4.57. The fourth-order valence-corrected chi connectivity index (χ4v) is 6.27. The lowest BCUT2D eigenvalue weighted by Crippen LogP contribution is -2.51. The quantitative estimate of drug-likeness (QED) is 0.251. The molecule has 8 heteroatoms. The van der Waals surface area contributed by atoms with Gasteiger partial charge in [0.05, 0.1) is 36.3 Å². The van der Waals surface area contributed by atoms with Crippen molar-refractivity contribution in [2.75, 3.05) is 13.2 Å². The number of aliphatic hydroxyl groups excluding tert-OH is 1. The molecular weight excluding hydrogens is 508 g/mol. The summed E-state index contributed by atoms with van der Waals surface area (Å²) >= 11 is 0. The number of fused-ring (bicyclic) bond motifs is 3. The third-order valence-electron chi connectivity index (χ3n) is 8.15. The molecule has 2 aromatic carbocycles. The van der Waals surface area contributed by atoms with Crippen molar-refractivity contribution in [3.63, 3.8) is 0 Å². The summed E-state index contributed by atoms with van der Waals surface area (Å²) in [6, 6.07) is 14.3. The largest absolute Gasteiger partial charge is 0.515 e. The molecule has 2 aliphatic carbocycles. The van der Waals surface area contributed by atoms with Crippen molar-refractivity contribution in [2.45, 2.75) is 45.4 Å². The molecule has 5 rings (SSSR count). The Morgan fingerprint density at radius 3 is 2.42 bits per heavy atom. The summed E-state index contributed by atoms with van der Waals surface area (Å²) in [6.07, 6.45) is 4.43. The van der Waals surface area contributed by atoms with Crippen LogP contribution in [0.4, 0.5) is 0 Å². The molecule has 0 spiro atoms. The zero-order valence-corrected chi connectivity index (χ0v) is 22.8. The zero-order chi connectivity index (χ0) is 28.4. The van der Waals surface area contributed by atoms with Crippen molar-refractivity contribution in [3.05, 3.63) is 94.5 Å². The molecule has 206 valence electrons. The van der Waals surface area contributed by atoms with Crippen molar-refractivity contribution in [1.29, 1.82) is 0 Å². The van der Waals surface area contributed by atoms with Gasteiger partial charge < -0.3 is 14.6 Å². The van der Waals surface area contributed by atoms with Gasteiger partial charge in [-0.1, -0.05) is 31.2 Å². The first-order valence-electron chi connectivity index (χ1n) is 13.6. The van der Waals surface area contributed by atoms with E-state index < -0.39 is 17.4 Å². The minimum absolute atomic E-state index is 0.0723. The Hall–Kier alpha value is -4.33. The minimum atomic E-state index is -0.777. The SMILES string of the molecule is CCOC(=O)c1ccc(-c2ncc3c(n2)[C@@]2(c4cccc(C(=O)OCC)c4)C/C(=C/O)C(=O)[C@@H](C)[C@@H]2CC3)cc1. The lowest BCUT2D eigenvalue weighted by atomic mass is 9.52. The topological polar surface area (TPSA) is 116 Å². The summed E-state index contributed by atoms with van der Waals surface area (Å²) in [7, 11) is 0. The second kappa shape index (κ2) is 11.0. The second-order valence-corrected chi connectivity index (χ2v) is 10.3. The van der Waals surface area contributed by atoms with E-state index in [4.69, 9.17) is 14.5 Å². The minimum Gasteiger partial charge on any atom is -0.515 e. The third-order valence-corrected chi connectivity index (χ3v) is 8.15. The van der Waals surface area contributed by atoms with E-state index in [0.29, 0.717) is 35.6 Å². The van der Waals surface area contributed by atoms with Gasteiger partial charge in [0, 0.05) is 28.7 Å². The number of aliphatic hydroxyl groups is 1. The van der Waals surface area contributed by atoms with Crippen LogP contribution in [0.25, 0.3) is 11.4 Å². The van der Waals surface area contributed by atoms with E-state index in [1.807, 2.05) is 31.3 Å². The number of hydrogen-bond acceptors (Lipinski definition) is 8. The van der Waals surface area contributed by atoms with Crippen molar-refractivity contribution >= 4 is 17.7 Å². The van der Waals surface area contributed by atoms with Crippen LogP contribution in [0.3, 0.4) is 0 Å². The number of allylic oxidation sites excluding steroid dienone is 1. The van der Waals surface area contributed by atoms with Gasteiger partial charge in [0.2, 0.25) is 0 Å². The van der Waals surface area contributed by atoms with Crippen LogP contribution >= 0.6 is 0 Å². The van der Waals surface area contributed by atoms with Crippen LogP contribution in [-0.2, 0) is 26.1 Å². The summed E-state index contributed by atoms with van der Waals surface area (Å²) < 4.78 is 10.4. The standard InChI is InChI=1S/C32H32N2O6/c1-4-39-30(37)21-11-9-20(10-12-21)29-33-17-23-13-14-26-19(3)27(36)24(18-35)16-32(26,28(23)34-29)25-8-6-7-22(15-25)31(38)40-5-2/h6-12,15,17-19,26,35H,4-5,13-14,16H2,1-3H3/b24-18-/t19-,26-,32+/m0/s1. The van der Waals surface area contributed by atoms with Gasteiger partial charge in [-0.15, -0.1) is 0 Å². The number of ether oxygens (including phenoxy) is 2. The van der Waals surface area contributed by atoms with Crippen molar-refractivity contribution in [1.82, 2.24) is 9.97 Å². The highest BCUT2D eigenvalue weighted by Crippen LogP contribution is 2.55. The van der Waals surface area contributed by atoms with E-state index in [1.54, 1.807) is 44.2 Å². The molecule has 2 aliphatic rings. The highest BCUT2D eigenvalue weighted by Gasteiger charge is 2.55. The smallest absolute Gasteiger partial charge is 0.338 e. The normalized spacial score (nSPS) is 22.8. The van der Waals surface area contributed by atoms with E-state index in [2.05, 4.69) is 4.98 Å². The van der Waals surface area contributed by atoms with Crippen LogP contribution in [0.2, 0.25) is 0 Å². The molecule has 1 N–H and O–H groups in total. The maximum atomic E-state index is 13.2. The predicted molar refractivity (Wildman–Crippen MR) is 148 cm³/mol. The average Bonchev–Trinajstić information content (AvgIpc) is 2.99. The van der Waals surface area contributed by atoms with Gasteiger partial charge in [0.15, 0.2) is 11.6 Å². The maximum absolute atomic E-state index is 13.2. The Kier molecular flexibility index (Phi) is 7.52. The number of aromatic nitrogens is 2. The molecule has 0 radical (unpaired) electrons. The number of carbonyl (C=O) groups is 3. The molecule has 40 heavy (non-hydrogen) atoms. The molecule has 0 aliphatic heterocycles. The lowest BCUT2D eigenvalue weighted by Gasteiger charge is -2.50. The van der Waals surface area contributed by atoms with Crippen molar-refractivity contribution < 1.29 is 29.0 Å². The predicted octanol–water partition coefficient (Wildman–Crippen LogP) is 5.40. The second-order valence-electron chi connectivity index (χ2n) is 10.3. The number of benzene rings is 2. The first kappa shape index (κ1) is 27.2. The number of aryl methyl sites for hydroxylation is 1. The number of nitrogens with zero attached hydrogens (tertiary/aromatic N) is 2. The Balaban J connectivity index is 1.68. The van der Waals surface area contributed by atoms with Gasteiger partial charge in [-0.25, -0.2) is 19.6 Å². The van der Waals surface area contributed by atoms with E-state index in [-0.39, 0.29) is 30.6 Å². The molecule has 3 atom stereocenters. The molecular formula is C32H32N2O6. The average molecular weight is 541 g/mol. The Labute approximate surface area is 233 Å². The number of hydrogen-bond donors (Lipinski definition) is 1. The number of carbonyl (C=O) groups excluding carboxylic acids is 3. The lowest BCUT2D eigenvalue weighted by molar-refractivity contribution is -0.123. The fraction of sp³-hybridized carbons (Fsp3) is 0.344. The summed E-state index contributed by atoms with van der Waals surface area (Å²) in [5, 5.41) is 10.1. The summed E-state index contributed by atoms with van der Waals surface area (Å²) in [4.78, 5) is 47.8. The van der Waals surface area contributed by atoms with Crippen LogP contribution in [0.15, 0.2) is 66.6 Å². The molecule has 0 amide bonds. The van der Waals surface area contributed by atoms with Crippen LogP contribution in [0.5, 0.6) is 0 Å². The highest BCUT2D eigenvalue weighted by atomic mass is 16.5. The van der Waals surface area contributed by atoms with Crippen molar-refractivity contribution in [2.24, 2.45) is 11.8 Å². The van der Waals surface area contributed by atoms with Gasteiger partial charge in [-0.3, -0.25) is 4.79 Å². The Morgan fingerprint density at radius 2 is 1.75 bits per heavy atom. The molecule has 1 aromatic heterocycles. The van der Waals surface area contributed by atoms with E-state index in [9.17, 15) is 19.5 Å². The molecule has 0 saturated heterocycles. The molecule has 0 bridgehead atoms. The number of Topliss-reactive ketones (excluding diaryl/α,β-unsaturated/α-hetero) is 1. The molecule has 1 heterocycles. The van der Waals surface area contributed by atoms with Gasteiger partial charge in [-0.05, 0) is 74.4 Å². The summed E-state index contributed by atoms with van der Waals surface area (Å²) in [6.45, 7) is 5.98. The summed E-state index contributed by atoms with van der Waals surface area (Å²) in [5.41, 5.74) is 3.72. The summed E-state index contributed by atoms with van der Waals surface area (Å²) in [5.74, 6) is -0.882. The molecule has 1 saturated carbocycles. The number of ketones is 1. The first-order chi connectivity index (χ1) is 19.3. The monoisotopic (exact) mass is 540 g/mol. The fourth-order valence-electron chi connectivity index (χ4n) is 6.27. The molecule has 8 nitrogen and oxygen atoms in total. The van der Waals surface area contributed by atoms with Gasteiger partial charge >= 0.3 is 11.9 Å². The molecule has 3 aromatic rings. The molecule has 0 unspecified atom stereocenters. The van der Waals surface area contributed by atoms with Crippen LogP contribution in [0.1, 0.15) is 71.1 Å². The van der Waals surface area contributed by atoms with Gasteiger partial charge in [0.1, 0.15) is 0 Å². The van der Waals surface area contributed by atoms with E-state index in [1.165, 1.54) is 0 Å². The van der Waals surface area contributed by atoms with Crippen LogP contribution in [0, 0.1) is 11.8 Å².